The molecule has 1 N–H and O–H groups in total. The minimum absolute atomic E-state index is 0.0770. The molecule has 1 amide bonds. The molecule has 0 fully saturated rings. The molecule has 0 atom stereocenters. The van der Waals surface area contributed by atoms with Crippen molar-refractivity contribution in [2.24, 2.45) is 0 Å². The van der Waals surface area contributed by atoms with Gasteiger partial charge in [0.05, 0.1) is 6.42 Å². The Morgan fingerprint density at radius 3 is 2.50 bits per heavy atom. The lowest BCUT2D eigenvalue weighted by atomic mass is 10.1. The van der Waals surface area contributed by atoms with Crippen molar-refractivity contribution in [2.75, 3.05) is 19.6 Å². The summed E-state index contributed by atoms with van der Waals surface area (Å²) in [7, 11) is 0. The number of hydrogen-bond acceptors (Lipinski definition) is 4. The van der Waals surface area contributed by atoms with Gasteiger partial charge in [-0.1, -0.05) is 41.5 Å². The topological polar surface area (TPSA) is 63.1 Å². The molecule has 0 aliphatic carbocycles. The van der Waals surface area contributed by atoms with Crippen LogP contribution in [-0.4, -0.2) is 45.2 Å². The van der Waals surface area contributed by atoms with E-state index >= 15 is 0 Å². The van der Waals surface area contributed by atoms with Crippen LogP contribution in [0.5, 0.6) is 0 Å². The predicted octanol–water partition coefficient (Wildman–Crippen LogP) is 2.99. The molecule has 0 saturated heterocycles. The summed E-state index contributed by atoms with van der Waals surface area (Å²) in [4.78, 5) is 14.6. The Labute approximate surface area is 188 Å². The van der Waals surface area contributed by atoms with E-state index in [0.717, 1.165) is 49.8 Å². The largest absolute Gasteiger partial charge is 0.355 e. The normalized spacial score (nSPS) is 14.1. The van der Waals surface area contributed by atoms with Crippen molar-refractivity contribution in [1.29, 1.82) is 0 Å². The van der Waals surface area contributed by atoms with Crippen molar-refractivity contribution in [2.45, 2.75) is 46.2 Å². The average Bonchev–Trinajstić information content (AvgIpc) is 3.01. The Morgan fingerprint density at radius 1 is 1.00 bits per heavy atom. The minimum Gasteiger partial charge on any atom is -0.355 e. The number of hydrogen-bond donors (Lipinski definition) is 1. The molecular formula is C25H30FN5O. The highest BCUT2D eigenvalue weighted by atomic mass is 19.1. The lowest BCUT2D eigenvalue weighted by Crippen LogP contribution is -2.28. The van der Waals surface area contributed by atoms with Gasteiger partial charge in [0.1, 0.15) is 17.5 Å². The Morgan fingerprint density at radius 2 is 1.75 bits per heavy atom. The van der Waals surface area contributed by atoms with Gasteiger partial charge in [0.25, 0.3) is 0 Å². The van der Waals surface area contributed by atoms with E-state index in [4.69, 9.17) is 0 Å². The van der Waals surface area contributed by atoms with Gasteiger partial charge in [0, 0.05) is 45.6 Å². The number of halogens is 1. The van der Waals surface area contributed by atoms with Gasteiger partial charge in [-0.15, -0.1) is 10.2 Å². The van der Waals surface area contributed by atoms with E-state index in [1.807, 2.05) is 0 Å². The van der Waals surface area contributed by atoms with Crippen molar-refractivity contribution in [3.05, 3.63) is 82.2 Å². The number of rotatable bonds is 7. The molecule has 0 bridgehead atoms. The van der Waals surface area contributed by atoms with Crippen LogP contribution in [0.1, 0.15) is 33.9 Å². The number of aryl methyl sites for hydroxylation is 2. The lowest BCUT2D eigenvalue weighted by molar-refractivity contribution is -0.120. The van der Waals surface area contributed by atoms with Crippen LogP contribution in [-0.2, 0) is 37.1 Å². The smallest absolute Gasteiger partial charge is 0.224 e. The molecule has 0 saturated carbocycles. The fourth-order valence-electron chi connectivity index (χ4n) is 4.35. The molecule has 2 aromatic carbocycles. The molecular weight excluding hydrogens is 405 g/mol. The molecule has 6 nitrogen and oxygen atoms in total. The highest BCUT2D eigenvalue weighted by Gasteiger charge is 2.19. The van der Waals surface area contributed by atoms with Crippen LogP contribution in [0.4, 0.5) is 4.39 Å². The first-order valence-corrected chi connectivity index (χ1v) is 11.2. The molecule has 32 heavy (non-hydrogen) atoms. The Hall–Kier alpha value is -3.06. The van der Waals surface area contributed by atoms with Crippen LogP contribution < -0.4 is 5.32 Å². The zero-order chi connectivity index (χ0) is 22.5. The van der Waals surface area contributed by atoms with E-state index in [9.17, 15) is 9.18 Å². The Bertz CT molecular complexity index is 1060. The second-order valence-corrected chi connectivity index (χ2v) is 8.61. The number of carbonyl (C=O) groups excluding carboxylic acids is 1. The van der Waals surface area contributed by atoms with Crippen molar-refractivity contribution in [3.8, 4) is 0 Å². The second kappa shape index (κ2) is 10.0. The monoisotopic (exact) mass is 435 g/mol. The maximum atomic E-state index is 13.0. The first kappa shape index (κ1) is 22.1. The predicted molar refractivity (Wildman–Crippen MR) is 122 cm³/mol. The van der Waals surface area contributed by atoms with Crippen LogP contribution in [0, 0.1) is 19.7 Å². The van der Waals surface area contributed by atoms with Gasteiger partial charge < -0.3 is 9.88 Å². The van der Waals surface area contributed by atoms with Crippen molar-refractivity contribution in [3.63, 3.8) is 0 Å². The molecule has 7 heteroatoms. The van der Waals surface area contributed by atoms with Crippen molar-refractivity contribution in [1.82, 2.24) is 25.0 Å². The lowest BCUT2D eigenvalue weighted by Gasteiger charge is -2.20. The molecule has 2 heterocycles. The van der Waals surface area contributed by atoms with Crippen LogP contribution in [0.3, 0.4) is 0 Å². The SMILES string of the molecule is Cc1cc(C)cc(CN2CCc3nnc(CCNC(=O)Cc4ccc(F)cc4)n3CC2)c1. The third-order valence-corrected chi connectivity index (χ3v) is 5.83. The Balaban J connectivity index is 1.28. The summed E-state index contributed by atoms with van der Waals surface area (Å²) in [5.41, 5.74) is 4.75. The highest BCUT2D eigenvalue weighted by molar-refractivity contribution is 5.78. The zero-order valence-corrected chi connectivity index (χ0v) is 18.8. The molecule has 0 unspecified atom stereocenters. The third-order valence-electron chi connectivity index (χ3n) is 5.83. The van der Waals surface area contributed by atoms with Crippen LogP contribution in [0.25, 0.3) is 0 Å². The van der Waals surface area contributed by atoms with Gasteiger partial charge in [-0.3, -0.25) is 9.69 Å². The fraction of sp³-hybridized carbons (Fsp3) is 0.400. The summed E-state index contributed by atoms with van der Waals surface area (Å²) in [5, 5.41) is 11.7. The third kappa shape index (κ3) is 5.79. The molecule has 1 aliphatic heterocycles. The van der Waals surface area contributed by atoms with Gasteiger partial charge in [-0.2, -0.15) is 0 Å². The minimum atomic E-state index is -0.297. The summed E-state index contributed by atoms with van der Waals surface area (Å²) < 4.78 is 15.2. The van der Waals surface area contributed by atoms with E-state index in [0.29, 0.717) is 13.0 Å². The number of carbonyl (C=O) groups is 1. The van der Waals surface area contributed by atoms with Gasteiger partial charge in [-0.05, 0) is 37.1 Å². The highest BCUT2D eigenvalue weighted by Crippen LogP contribution is 2.15. The summed E-state index contributed by atoms with van der Waals surface area (Å²) in [6.45, 7) is 8.49. The summed E-state index contributed by atoms with van der Waals surface area (Å²) in [6.07, 6.45) is 1.75. The molecule has 3 aromatic rings. The molecule has 4 rings (SSSR count). The molecule has 168 valence electrons. The van der Waals surface area contributed by atoms with E-state index in [1.54, 1.807) is 12.1 Å². The van der Waals surface area contributed by atoms with E-state index in [1.165, 1.54) is 28.8 Å². The van der Waals surface area contributed by atoms with Gasteiger partial charge in [0.15, 0.2) is 0 Å². The molecule has 1 aliphatic rings. The number of nitrogens with one attached hydrogen (secondary N) is 1. The first-order chi connectivity index (χ1) is 15.5. The van der Waals surface area contributed by atoms with E-state index in [-0.39, 0.29) is 18.1 Å². The van der Waals surface area contributed by atoms with Crippen LogP contribution >= 0.6 is 0 Å². The maximum Gasteiger partial charge on any atom is 0.224 e. The molecule has 0 spiro atoms. The van der Waals surface area contributed by atoms with Crippen LogP contribution in [0.15, 0.2) is 42.5 Å². The van der Waals surface area contributed by atoms with Gasteiger partial charge >= 0.3 is 0 Å². The number of fused-ring (bicyclic) bond motifs is 1. The molecule has 0 radical (unpaired) electrons. The quantitative estimate of drug-likeness (QED) is 0.620. The van der Waals surface area contributed by atoms with E-state index in [2.05, 4.69) is 57.0 Å². The standard InChI is InChI=1S/C25H30FN5O/c1-18-13-19(2)15-21(14-18)17-30-10-8-24-29-28-23(31(24)12-11-30)7-9-27-25(32)16-20-3-5-22(26)6-4-20/h3-6,13-15H,7-12,16-17H2,1-2H3,(H,27,32). The van der Waals surface area contributed by atoms with Crippen LogP contribution in [0.2, 0.25) is 0 Å². The summed E-state index contributed by atoms with van der Waals surface area (Å²) in [6, 6.07) is 12.7. The number of benzene rings is 2. The number of nitrogens with zero attached hydrogens (tertiary/aromatic N) is 4. The maximum absolute atomic E-state index is 13.0. The zero-order valence-electron chi connectivity index (χ0n) is 18.8. The summed E-state index contributed by atoms with van der Waals surface area (Å²) >= 11 is 0. The number of amides is 1. The van der Waals surface area contributed by atoms with Crippen molar-refractivity contribution < 1.29 is 9.18 Å². The van der Waals surface area contributed by atoms with Gasteiger partial charge in [0.2, 0.25) is 5.91 Å². The first-order valence-electron chi connectivity index (χ1n) is 11.2. The van der Waals surface area contributed by atoms with Crippen molar-refractivity contribution >= 4 is 5.91 Å². The summed E-state index contributed by atoms with van der Waals surface area (Å²) in [5.74, 6) is 1.55. The Kier molecular flexibility index (Phi) is 6.95. The average molecular weight is 436 g/mol. The second-order valence-electron chi connectivity index (χ2n) is 8.61. The number of aromatic nitrogens is 3. The fourth-order valence-corrected chi connectivity index (χ4v) is 4.35. The van der Waals surface area contributed by atoms with E-state index < -0.39 is 0 Å². The molecule has 1 aromatic heterocycles. The van der Waals surface area contributed by atoms with Gasteiger partial charge in [-0.25, -0.2) is 4.39 Å².